The van der Waals surface area contributed by atoms with Gasteiger partial charge in [-0.25, -0.2) is 4.68 Å². The number of hydrogen-bond donors (Lipinski definition) is 1. The first-order valence-corrected chi connectivity index (χ1v) is 7.69. The van der Waals surface area contributed by atoms with E-state index in [4.69, 9.17) is 5.73 Å². The first-order valence-electron chi connectivity index (χ1n) is 7.69. The Bertz CT molecular complexity index is 718. The summed E-state index contributed by atoms with van der Waals surface area (Å²) in [6.07, 6.45) is 5.69. The molecule has 4 nitrogen and oxygen atoms in total. The zero-order chi connectivity index (χ0) is 14.8. The maximum atomic E-state index is 12.0. The van der Waals surface area contributed by atoms with Crippen LogP contribution in [0.15, 0.2) is 29.1 Å². The highest BCUT2D eigenvalue weighted by molar-refractivity contribution is 5.64. The van der Waals surface area contributed by atoms with Crippen LogP contribution >= 0.6 is 0 Å². The van der Waals surface area contributed by atoms with E-state index < -0.39 is 0 Å². The highest BCUT2D eigenvalue weighted by Crippen LogP contribution is 2.26. The third kappa shape index (κ3) is 2.71. The number of nitrogens with two attached hydrogens (primary N) is 1. The third-order valence-corrected chi connectivity index (χ3v) is 4.08. The van der Waals surface area contributed by atoms with E-state index >= 15 is 0 Å². The van der Waals surface area contributed by atoms with Crippen LogP contribution in [0, 0.1) is 0 Å². The monoisotopic (exact) mass is 283 g/mol. The van der Waals surface area contributed by atoms with Crippen LogP contribution in [0.2, 0.25) is 0 Å². The SMILES string of the molecule is CCCn1nc(-c2ccc3c(c2)CCCC3)cc(N)c1=O. The molecule has 0 spiro atoms. The number of aromatic nitrogens is 2. The van der Waals surface area contributed by atoms with E-state index in [1.807, 2.05) is 6.92 Å². The molecular weight excluding hydrogens is 262 g/mol. The minimum absolute atomic E-state index is 0.196. The van der Waals surface area contributed by atoms with Gasteiger partial charge in [0.05, 0.1) is 5.69 Å². The maximum absolute atomic E-state index is 12.0. The minimum atomic E-state index is -0.196. The summed E-state index contributed by atoms with van der Waals surface area (Å²) < 4.78 is 1.48. The van der Waals surface area contributed by atoms with Crippen molar-refractivity contribution in [2.75, 3.05) is 5.73 Å². The summed E-state index contributed by atoms with van der Waals surface area (Å²) in [4.78, 5) is 12.0. The highest BCUT2D eigenvalue weighted by Gasteiger charge is 2.12. The maximum Gasteiger partial charge on any atom is 0.289 e. The Labute approximate surface area is 124 Å². The number of rotatable bonds is 3. The molecule has 0 saturated carbocycles. The summed E-state index contributed by atoms with van der Waals surface area (Å²) in [5, 5.41) is 4.47. The van der Waals surface area contributed by atoms with Gasteiger partial charge < -0.3 is 5.73 Å². The molecule has 0 unspecified atom stereocenters. The van der Waals surface area contributed by atoms with E-state index in [0.29, 0.717) is 6.54 Å². The van der Waals surface area contributed by atoms with Crippen molar-refractivity contribution < 1.29 is 0 Å². The second-order valence-corrected chi connectivity index (χ2v) is 5.70. The molecule has 1 aromatic heterocycles. The number of hydrogen-bond acceptors (Lipinski definition) is 3. The number of anilines is 1. The van der Waals surface area contributed by atoms with Crippen LogP contribution in [-0.2, 0) is 19.4 Å². The van der Waals surface area contributed by atoms with Crippen molar-refractivity contribution in [3.63, 3.8) is 0 Å². The van der Waals surface area contributed by atoms with E-state index in [9.17, 15) is 4.79 Å². The van der Waals surface area contributed by atoms with Crippen LogP contribution < -0.4 is 11.3 Å². The molecule has 0 saturated heterocycles. The summed E-state index contributed by atoms with van der Waals surface area (Å²) in [5.74, 6) is 0. The molecule has 2 aromatic rings. The second kappa shape index (κ2) is 5.72. The van der Waals surface area contributed by atoms with Crippen molar-refractivity contribution in [1.29, 1.82) is 0 Å². The predicted molar refractivity (Wildman–Crippen MR) is 85.3 cm³/mol. The van der Waals surface area contributed by atoms with Gasteiger partial charge in [0.25, 0.3) is 5.56 Å². The smallest absolute Gasteiger partial charge is 0.289 e. The zero-order valence-electron chi connectivity index (χ0n) is 12.4. The normalized spacial score (nSPS) is 14.0. The molecular formula is C17H21N3O. The molecule has 0 aliphatic heterocycles. The Morgan fingerprint density at radius 3 is 2.71 bits per heavy atom. The summed E-state index contributed by atoms with van der Waals surface area (Å²) in [6.45, 7) is 2.62. The van der Waals surface area contributed by atoms with Crippen LogP contribution in [0.1, 0.15) is 37.3 Å². The van der Waals surface area contributed by atoms with Crippen molar-refractivity contribution in [2.45, 2.75) is 45.6 Å². The molecule has 0 radical (unpaired) electrons. The van der Waals surface area contributed by atoms with E-state index in [1.165, 1.54) is 35.1 Å². The molecule has 21 heavy (non-hydrogen) atoms. The van der Waals surface area contributed by atoms with E-state index in [1.54, 1.807) is 6.07 Å². The number of aryl methyl sites for hydroxylation is 3. The summed E-state index contributed by atoms with van der Waals surface area (Å²) in [7, 11) is 0. The number of benzene rings is 1. The highest BCUT2D eigenvalue weighted by atomic mass is 16.1. The van der Waals surface area contributed by atoms with Crippen LogP contribution in [0.5, 0.6) is 0 Å². The predicted octanol–water partition coefficient (Wildman–Crippen LogP) is 2.78. The number of nitrogen functional groups attached to an aromatic ring is 1. The lowest BCUT2D eigenvalue weighted by atomic mass is 9.90. The molecule has 2 N–H and O–H groups in total. The summed E-state index contributed by atoms with van der Waals surface area (Å²) in [5.41, 5.74) is 10.6. The summed E-state index contributed by atoms with van der Waals surface area (Å²) >= 11 is 0. The van der Waals surface area contributed by atoms with Gasteiger partial charge in [0.15, 0.2) is 0 Å². The molecule has 0 amide bonds. The number of nitrogens with zero attached hydrogens (tertiary/aromatic N) is 2. The standard InChI is InChI=1S/C17H21N3O/c1-2-9-20-17(21)15(18)11-16(19-20)14-8-7-12-5-3-4-6-13(12)10-14/h7-8,10-11H,2-6,9,18H2,1H3. The van der Waals surface area contributed by atoms with Crippen molar-refractivity contribution in [3.8, 4) is 11.3 Å². The molecule has 1 aliphatic carbocycles. The number of fused-ring (bicyclic) bond motifs is 1. The lowest BCUT2D eigenvalue weighted by Crippen LogP contribution is -2.25. The Morgan fingerprint density at radius 1 is 1.19 bits per heavy atom. The van der Waals surface area contributed by atoms with Gasteiger partial charge in [-0.3, -0.25) is 4.79 Å². The van der Waals surface area contributed by atoms with Gasteiger partial charge in [0.1, 0.15) is 5.69 Å². The lowest BCUT2D eigenvalue weighted by molar-refractivity contribution is 0.572. The van der Waals surface area contributed by atoms with E-state index in [-0.39, 0.29) is 11.2 Å². The van der Waals surface area contributed by atoms with Gasteiger partial charge in [0, 0.05) is 12.1 Å². The molecule has 110 valence electrons. The molecule has 1 aliphatic rings. The second-order valence-electron chi connectivity index (χ2n) is 5.70. The van der Waals surface area contributed by atoms with Crippen molar-refractivity contribution >= 4 is 5.69 Å². The fourth-order valence-electron chi connectivity index (χ4n) is 2.96. The average Bonchev–Trinajstić information content (AvgIpc) is 2.51. The molecule has 4 heteroatoms. The Morgan fingerprint density at radius 2 is 1.95 bits per heavy atom. The molecule has 1 aromatic carbocycles. The van der Waals surface area contributed by atoms with Crippen molar-refractivity contribution in [2.24, 2.45) is 0 Å². The first-order chi connectivity index (χ1) is 10.2. The topological polar surface area (TPSA) is 60.9 Å². The lowest BCUT2D eigenvalue weighted by Gasteiger charge is -2.16. The molecule has 0 bridgehead atoms. The Kier molecular flexibility index (Phi) is 3.78. The van der Waals surface area contributed by atoms with Crippen molar-refractivity contribution in [3.05, 3.63) is 45.7 Å². The van der Waals surface area contributed by atoms with Crippen LogP contribution in [0.25, 0.3) is 11.3 Å². The van der Waals surface area contributed by atoms with Gasteiger partial charge >= 0.3 is 0 Å². The zero-order valence-corrected chi connectivity index (χ0v) is 12.4. The molecule has 0 fully saturated rings. The van der Waals surface area contributed by atoms with Gasteiger partial charge in [-0.2, -0.15) is 5.10 Å². The third-order valence-electron chi connectivity index (χ3n) is 4.08. The molecule has 1 heterocycles. The van der Waals surface area contributed by atoms with Gasteiger partial charge in [-0.05, 0) is 55.4 Å². The van der Waals surface area contributed by atoms with E-state index in [2.05, 4.69) is 23.3 Å². The van der Waals surface area contributed by atoms with E-state index in [0.717, 1.165) is 24.1 Å². The van der Waals surface area contributed by atoms with Crippen LogP contribution in [0.3, 0.4) is 0 Å². The van der Waals surface area contributed by atoms with Gasteiger partial charge in [0.2, 0.25) is 0 Å². The van der Waals surface area contributed by atoms with Crippen LogP contribution in [0.4, 0.5) is 5.69 Å². The molecule has 0 atom stereocenters. The Hall–Kier alpha value is -2.10. The summed E-state index contributed by atoms with van der Waals surface area (Å²) in [6, 6.07) is 8.18. The van der Waals surface area contributed by atoms with Crippen LogP contribution in [-0.4, -0.2) is 9.78 Å². The first kappa shape index (κ1) is 13.9. The van der Waals surface area contributed by atoms with Gasteiger partial charge in [-0.1, -0.05) is 19.1 Å². The quantitative estimate of drug-likeness (QED) is 0.942. The van der Waals surface area contributed by atoms with Crippen molar-refractivity contribution in [1.82, 2.24) is 9.78 Å². The minimum Gasteiger partial charge on any atom is -0.394 e. The average molecular weight is 283 g/mol. The van der Waals surface area contributed by atoms with Gasteiger partial charge in [-0.15, -0.1) is 0 Å². The fraction of sp³-hybridized carbons (Fsp3) is 0.412. The Balaban J connectivity index is 2.06. The fourth-order valence-corrected chi connectivity index (χ4v) is 2.96. The molecule has 3 rings (SSSR count). The largest absolute Gasteiger partial charge is 0.394 e.